The molecule has 0 N–H and O–H groups in total. The van der Waals surface area contributed by atoms with Gasteiger partial charge in [0.15, 0.2) is 10.9 Å². The predicted molar refractivity (Wildman–Crippen MR) is 72.2 cm³/mol. The Hall–Kier alpha value is -1.33. The zero-order valence-corrected chi connectivity index (χ0v) is 11.6. The molecule has 0 bridgehead atoms. The van der Waals surface area contributed by atoms with Crippen molar-refractivity contribution in [2.24, 2.45) is 7.05 Å². The Morgan fingerprint density at radius 3 is 2.72 bits per heavy atom. The van der Waals surface area contributed by atoms with Crippen LogP contribution in [0.1, 0.15) is 16.2 Å². The van der Waals surface area contributed by atoms with E-state index in [-0.39, 0.29) is 5.78 Å². The number of hydrogen-bond acceptors (Lipinski definition) is 4. The molecule has 0 spiro atoms. The van der Waals surface area contributed by atoms with Crippen LogP contribution in [-0.4, -0.2) is 26.3 Å². The molecule has 1 aromatic carbocycles. The van der Waals surface area contributed by atoms with Gasteiger partial charge in [0.25, 0.3) is 0 Å². The molecule has 0 aliphatic rings. The number of aryl methyl sites for hydroxylation is 1. The van der Waals surface area contributed by atoms with Crippen LogP contribution in [0.15, 0.2) is 29.4 Å². The zero-order valence-electron chi connectivity index (χ0n) is 10.1. The van der Waals surface area contributed by atoms with Gasteiger partial charge in [0, 0.05) is 12.6 Å². The first-order valence-corrected chi connectivity index (χ1v) is 6.72. The van der Waals surface area contributed by atoms with Crippen LogP contribution in [0.4, 0.5) is 0 Å². The van der Waals surface area contributed by atoms with Crippen molar-refractivity contribution in [2.45, 2.75) is 12.1 Å². The highest BCUT2D eigenvalue weighted by atomic mass is 35.5. The van der Waals surface area contributed by atoms with Crippen molar-refractivity contribution in [1.82, 2.24) is 14.8 Å². The standard InChI is InChI=1S/C12H12ClN3OS/c1-8-14-15-12(16(8)2)18-7-11(17)9-5-3-4-6-10(9)13/h3-6H,7H2,1-2H3. The Labute approximate surface area is 114 Å². The first-order valence-electron chi connectivity index (χ1n) is 5.36. The second-order valence-corrected chi connectivity index (χ2v) is 5.13. The molecule has 4 nitrogen and oxygen atoms in total. The summed E-state index contributed by atoms with van der Waals surface area (Å²) in [5, 5.41) is 9.15. The summed E-state index contributed by atoms with van der Waals surface area (Å²) in [5.41, 5.74) is 0.547. The molecule has 1 aromatic heterocycles. The SMILES string of the molecule is Cc1nnc(SCC(=O)c2ccccc2Cl)n1C. The van der Waals surface area contributed by atoms with Crippen molar-refractivity contribution in [1.29, 1.82) is 0 Å². The van der Waals surface area contributed by atoms with Crippen LogP contribution in [0, 0.1) is 6.92 Å². The van der Waals surface area contributed by atoms with Crippen LogP contribution < -0.4 is 0 Å². The molecule has 18 heavy (non-hydrogen) atoms. The number of aromatic nitrogens is 3. The summed E-state index contributed by atoms with van der Waals surface area (Å²) in [7, 11) is 1.87. The van der Waals surface area contributed by atoms with Gasteiger partial charge in [0.2, 0.25) is 0 Å². The average Bonchev–Trinajstić information content (AvgIpc) is 2.68. The topological polar surface area (TPSA) is 47.8 Å². The van der Waals surface area contributed by atoms with Gasteiger partial charge in [0.1, 0.15) is 5.82 Å². The van der Waals surface area contributed by atoms with Gasteiger partial charge in [-0.05, 0) is 19.1 Å². The van der Waals surface area contributed by atoms with E-state index in [1.54, 1.807) is 24.3 Å². The van der Waals surface area contributed by atoms with Crippen LogP contribution >= 0.6 is 23.4 Å². The fourth-order valence-electron chi connectivity index (χ4n) is 1.41. The fraction of sp³-hybridized carbons (Fsp3) is 0.250. The fourth-order valence-corrected chi connectivity index (χ4v) is 2.49. The predicted octanol–water partition coefficient (Wildman–Crippen LogP) is 2.75. The van der Waals surface area contributed by atoms with Gasteiger partial charge in [-0.1, -0.05) is 35.5 Å². The number of benzene rings is 1. The third-order valence-electron chi connectivity index (χ3n) is 2.56. The molecule has 2 aromatic rings. The van der Waals surface area contributed by atoms with Crippen LogP contribution in [0.3, 0.4) is 0 Å². The van der Waals surface area contributed by atoms with Crippen molar-refractivity contribution in [3.63, 3.8) is 0 Å². The molecule has 0 aliphatic carbocycles. The number of halogens is 1. The summed E-state index contributed by atoms with van der Waals surface area (Å²) in [5.74, 6) is 1.12. The maximum Gasteiger partial charge on any atom is 0.191 e. The maximum absolute atomic E-state index is 12.0. The van der Waals surface area contributed by atoms with Crippen LogP contribution in [0.5, 0.6) is 0 Å². The van der Waals surface area contributed by atoms with Gasteiger partial charge >= 0.3 is 0 Å². The molecule has 0 atom stereocenters. The summed E-state index contributed by atoms with van der Waals surface area (Å²) in [6.45, 7) is 1.87. The monoisotopic (exact) mass is 281 g/mol. The highest BCUT2D eigenvalue weighted by Gasteiger charge is 2.12. The molecule has 0 saturated heterocycles. The van der Waals surface area contributed by atoms with E-state index in [0.717, 1.165) is 11.0 Å². The molecule has 94 valence electrons. The average molecular weight is 282 g/mol. The van der Waals surface area contributed by atoms with Gasteiger partial charge < -0.3 is 4.57 Å². The number of Topliss-reactive ketones (excluding diaryl/α,β-unsaturated/α-hetero) is 1. The number of thioether (sulfide) groups is 1. The van der Waals surface area contributed by atoms with Gasteiger partial charge in [-0.3, -0.25) is 4.79 Å². The van der Waals surface area contributed by atoms with Crippen LogP contribution in [-0.2, 0) is 7.05 Å². The second kappa shape index (κ2) is 5.54. The Morgan fingerprint density at radius 2 is 2.11 bits per heavy atom. The minimum Gasteiger partial charge on any atom is -0.309 e. The number of carbonyl (C=O) groups excluding carboxylic acids is 1. The number of hydrogen-bond donors (Lipinski definition) is 0. The van der Waals surface area contributed by atoms with Crippen molar-refractivity contribution < 1.29 is 4.79 Å². The lowest BCUT2D eigenvalue weighted by atomic mass is 10.1. The molecule has 0 aliphatic heterocycles. The van der Waals surface area contributed by atoms with Gasteiger partial charge in [-0.2, -0.15) is 0 Å². The summed E-state index contributed by atoms with van der Waals surface area (Å²) in [6.07, 6.45) is 0. The van der Waals surface area contributed by atoms with Crippen molar-refractivity contribution in [3.05, 3.63) is 40.7 Å². The first kappa shape index (κ1) is 13.1. The van der Waals surface area contributed by atoms with E-state index >= 15 is 0 Å². The lowest BCUT2D eigenvalue weighted by molar-refractivity contribution is 0.102. The molecule has 0 fully saturated rings. The third-order valence-corrected chi connectivity index (χ3v) is 3.91. The minimum atomic E-state index is -0.00810. The van der Waals surface area contributed by atoms with Crippen molar-refractivity contribution in [3.8, 4) is 0 Å². The number of rotatable bonds is 4. The largest absolute Gasteiger partial charge is 0.309 e. The normalized spacial score (nSPS) is 10.6. The Bertz CT molecular complexity index is 582. The summed E-state index contributed by atoms with van der Waals surface area (Å²) >= 11 is 7.33. The number of carbonyl (C=O) groups is 1. The highest BCUT2D eigenvalue weighted by Crippen LogP contribution is 2.20. The Morgan fingerprint density at radius 1 is 1.39 bits per heavy atom. The van der Waals surface area contributed by atoms with Gasteiger partial charge in [0.05, 0.1) is 10.8 Å². The first-order chi connectivity index (χ1) is 8.59. The molecular formula is C12H12ClN3OS. The lowest BCUT2D eigenvalue weighted by Gasteiger charge is -2.03. The molecule has 0 saturated carbocycles. The molecule has 0 unspecified atom stereocenters. The molecule has 2 rings (SSSR count). The third kappa shape index (κ3) is 2.73. The Balaban J connectivity index is 2.05. The second-order valence-electron chi connectivity index (χ2n) is 3.78. The molecule has 6 heteroatoms. The van der Waals surface area contributed by atoms with E-state index < -0.39 is 0 Å². The molecular weight excluding hydrogens is 270 g/mol. The molecule has 0 radical (unpaired) electrons. The van der Waals surface area contributed by atoms with E-state index in [1.807, 2.05) is 18.5 Å². The summed E-state index contributed by atoms with van der Waals surface area (Å²) in [4.78, 5) is 12.0. The smallest absolute Gasteiger partial charge is 0.191 e. The van der Waals surface area contributed by atoms with E-state index in [0.29, 0.717) is 16.3 Å². The Kier molecular flexibility index (Phi) is 4.04. The highest BCUT2D eigenvalue weighted by molar-refractivity contribution is 7.99. The van der Waals surface area contributed by atoms with Gasteiger partial charge in [-0.15, -0.1) is 10.2 Å². The van der Waals surface area contributed by atoms with E-state index in [9.17, 15) is 4.79 Å². The molecule has 0 amide bonds. The van der Waals surface area contributed by atoms with E-state index in [4.69, 9.17) is 11.6 Å². The summed E-state index contributed by atoms with van der Waals surface area (Å²) < 4.78 is 1.85. The zero-order chi connectivity index (χ0) is 13.1. The van der Waals surface area contributed by atoms with E-state index in [2.05, 4.69) is 10.2 Å². The quantitative estimate of drug-likeness (QED) is 0.639. The van der Waals surface area contributed by atoms with Crippen molar-refractivity contribution in [2.75, 3.05) is 5.75 Å². The van der Waals surface area contributed by atoms with Crippen molar-refractivity contribution >= 4 is 29.1 Å². The number of ketones is 1. The van der Waals surface area contributed by atoms with Gasteiger partial charge in [-0.25, -0.2) is 0 Å². The number of nitrogens with zero attached hydrogens (tertiary/aromatic N) is 3. The van der Waals surface area contributed by atoms with Crippen LogP contribution in [0.25, 0.3) is 0 Å². The molecule has 1 heterocycles. The summed E-state index contributed by atoms with van der Waals surface area (Å²) in [6, 6.07) is 7.05. The van der Waals surface area contributed by atoms with E-state index in [1.165, 1.54) is 11.8 Å². The maximum atomic E-state index is 12.0. The van der Waals surface area contributed by atoms with Crippen LogP contribution in [0.2, 0.25) is 5.02 Å². The lowest BCUT2D eigenvalue weighted by Crippen LogP contribution is -2.04. The minimum absolute atomic E-state index is 0.00810.